The topological polar surface area (TPSA) is 58.6 Å². The lowest BCUT2D eigenvalue weighted by Gasteiger charge is -2.05. The maximum atomic E-state index is 11.5. The summed E-state index contributed by atoms with van der Waals surface area (Å²) >= 11 is 1.48. The number of nitrogens with one attached hydrogen (secondary N) is 1. The van der Waals surface area contributed by atoms with Crippen LogP contribution in [0.25, 0.3) is 10.8 Å². The summed E-state index contributed by atoms with van der Waals surface area (Å²) < 4.78 is 0. The zero-order valence-electron chi connectivity index (χ0n) is 11.0. The van der Waals surface area contributed by atoms with Crippen molar-refractivity contribution in [3.05, 3.63) is 64.1 Å². The molecule has 3 aromatic rings. The van der Waals surface area contributed by atoms with E-state index in [-0.39, 0.29) is 5.56 Å². The van der Waals surface area contributed by atoms with Crippen molar-refractivity contribution in [1.82, 2.24) is 15.2 Å². The first kappa shape index (κ1) is 12.9. The summed E-state index contributed by atoms with van der Waals surface area (Å²) in [6.45, 7) is 1.64. The van der Waals surface area contributed by atoms with Crippen LogP contribution in [0.15, 0.2) is 52.4 Å². The number of hydrogen-bond donors (Lipinski definition) is 1. The van der Waals surface area contributed by atoms with Gasteiger partial charge in [-0.15, -0.1) is 10.2 Å². The lowest BCUT2D eigenvalue weighted by molar-refractivity contribution is 0.790. The first-order valence-electron chi connectivity index (χ1n) is 6.27. The molecule has 0 amide bonds. The van der Waals surface area contributed by atoms with Crippen LogP contribution in [0.5, 0.6) is 0 Å². The van der Waals surface area contributed by atoms with E-state index in [2.05, 4.69) is 39.4 Å². The summed E-state index contributed by atoms with van der Waals surface area (Å²) in [6, 6.07) is 14.5. The van der Waals surface area contributed by atoms with Gasteiger partial charge in [0.2, 0.25) is 0 Å². The van der Waals surface area contributed by atoms with E-state index in [1.165, 1.54) is 28.1 Å². The third-order valence-corrected chi connectivity index (χ3v) is 4.00. The number of rotatable bonds is 3. The van der Waals surface area contributed by atoms with Crippen molar-refractivity contribution >= 4 is 22.5 Å². The molecule has 100 valence electrons. The van der Waals surface area contributed by atoms with Gasteiger partial charge in [-0.3, -0.25) is 9.78 Å². The van der Waals surface area contributed by atoms with Gasteiger partial charge in [-0.25, -0.2) is 0 Å². The molecule has 0 saturated carbocycles. The van der Waals surface area contributed by atoms with Crippen LogP contribution >= 0.6 is 11.8 Å². The first-order valence-corrected chi connectivity index (χ1v) is 7.25. The van der Waals surface area contributed by atoms with Crippen LogP contribution < -0.4 is 5.56 Å². The van der Waals surface area contributed by atoms with E-state index in [4.69, 9.17) is 0 Å². The highest BCUT2D eigenvalue weighted by Gasteiger charge is 2.04. The van der Waals surface area contributed by atoms with E-state index in [1.807, 2.05) is 18.2 Å². The second kappa shape index (κ2) is 5.46. The Kier molecular flexibility index (Phi) is 3.52. The number of hydrogen-bond acceptors (Lipinski definition) is 4. The molecule has 0 unspecified atom stereocenters. The Hall–Kier alpha value is -2.14. The average molecular weight is 283 g/mol. The zero-order valence-corrected chi connectivity index (χ0v) is 11.8. The summed E-state index contributed by atoms with van der Waals surface area (Å²) in [7, 11) is 0. The molecule has 3 rings (SSSR count). The quantitative estimate of drug-likeness (QED) is 0.751. The monoisotopic (exact) mass is 283 g/mol. The Balaban J connectivity index is 1.86. The number of benzene rings is 2. The van der Waals surface area contributed by atoms with Crippen LogP contribution in [0.2, 0.25) is 0 Å². The van der Waals surface area contributed by atoms with Crippen LogP contribution in [-0.4, -0.2) is 15.2 Å². The molecular weight excluding hydrogens is 270 g/mol. The Bertz CT molecular complexity index is 808. The van der Waals surface area contributed by atoms with Crippen LogP contribution in [0.4, 0.5) is 0 Å². The third kappa shape index (κ3) is 2.58. The van der Waals surface area contributed by atoms with Crippen LogP contribution in [-0.2, 0) is 5.75 Å². The molecule has 5 heteroatoms. The van der Waals surface area contributed by atoms with Gasteiger partial charge in [0.1, 0.15) is 5.69 Å². The van der Waals surface area contributed by atoms with E-state index < -0.39 is 0 Å². The average Bonchev–Trinajstić information content (AvgIpc) is 2.48. The molecular formula is C15H13N3OS. The molecule has 0 aliphatic carbocycles. The van der Waals surface area contributed by atoms with Crippen LogP contribution in [0.3, 0.4) is 0 Å². The molecule has 2 aromatic carbocycles. The van der Waals surface area contributed by atoms with Crippen LogP contribution in [0, 0.1) is 6.92 Å². The molecule has 0 saturated heterocycles. The summed E-state index contributed by atoms with van der Waals surface area (Å²) in [5.74, 6) is 0.745. The van der Waals surface area contributed by atoms with Crippen molar-refractivity contribution < 1.29 is 0 Å². The Morgan fingerprint density at radius 2 is 1.90 bits per heavy atom. The van der Waals surface area contributed by atoms with Gasteiger partial charge in [-0.2, -0.15) is 0 Å². The van der Waals surface area contributed by atoms with E-state index in [0.717, 1.165) is 5.75 Å². The van der Waals surface area contributed by atoms with Crippen molar-refractivity contribution in [2.45, 2.75) is 17.8 Å². The van der Waals surface area contributed by atoms with Gasteiger partial charge in [0, 0.05) is 5.75 Å². The van der Waals surface area contributed by atoms with Crippen molar-refractivity contribution in [1.29, 1.82) is 0 Å². The number of H-pyrrole nitrogens is 1. The summed E-state index contributed by atoms with van der Waals surface area (Å²) in [4.78, 5) is 14.2. The van der Waals surface area contributed by atoms with Crippen molar-refractivity contribution in [3.8, 4) is 0 Å². The maximum Gasteiger partial charge on any atom is 0.273 e. The molecule has 0 bridgehead atoms. The molecule has 1 heterocycles. The predicted octanol–water partition coefficient (Wildman–Crippen LogP) is 2.92. The summed E-state index contributed by atoms with van der Waals surface area (Å²) in [5.41, 5.74) is 1.43. The molecule has 0 spiro atoms. The fourth-order valence-electron chi connectivity index (χ4n) is 2.01. The highest BCUT2D eigenvalue weighted by atomic mass is 32.2. The van der Waals surface area contributed by atoms with E-state index in [1.54, 1.807) is 6.92 Å². The van der Waals surface area contributed by atoms with E-state index >= 15 is 0 Å². The summed E-state index contributed by atoms with van der Waals surface area (Å²) in [6.07, 6.45) is 0. The molecule has 0 radical (unpaired) electrons. The van der Waals surface area contributed by atoms with Crippen LogP contribution in [0.1, 0.15) is 11.3 Å². The first-order chi connectivity index (χ1) is 9.74. The lowest BCUT2D eigenvalue weighted by atomic mass is 10.1. The van der Waals surface area contributed by atoms with E-state index in [0.29, 0.717) is 10.9 Å². The fraction of sp³-hybridized carbons (Fsp3) is 0.133. The minimum absolute atomic E-state index is 0.180. The Morgan fingerprint density at radius 1 is 1.10 bits per heavy atom. The second-order valence-corrected chi connectivity index (χ2v) is 5.44. The number of nitrogens with zero attached hydrogens (tertiary/aromatic N) is 2. The van der Waals surface area contributed by atoms with Gasteiger partial charge < -0.3 is 0 Å². The molecule has 1 N–H and O–H groups in total. The molecule has 0 aliphatic heterocycles. The number of fused-ring (bicyclic) bond motifs is 1. The largest absolute Gasteiger partial charge is 0.298 e. The van der Waals surface area contributed by atoms with Gasteiger partial charge >= 0.3 is 0 Å². The molecule has 20 heavy (non-hydrogen) atoms. The van der Waals surface area contributed by atoms with Gasteiger partial charge in [0.15, 0.2) is 5.16 Å². The van der Waals surface area contributed by atoms with Crippen molar-refractivity contribution in [2.24, 2.45) is 0 Å². The summed E-state index contributed by atoms with van der Waals surface area (Å²) in [5, 5.41) is 10.8. The van der Waals surface area contributed by atoms with Gasteiger partial charge in [-0.1, -0.05) is 54.2 Å². The highest BCUT2D eigenvalue weighted by molar-refractivity contribution is 7.98. The minimum atomic E-state index is -0.180. The van der Waals surface area contributed by atoms with Gasteiger partial charge in [0.25, 0.3) is 5.56 Å². The molecule has 0 aliphatic rings. The number of aromatic amines is 1. The lowest BCUT2D eigenvalue weighted by Crippen LogP contribution is -2.14. The molecule has 4 nitrogen and oxygen atoms in total. The Morgan fingerprint density at radius 3 is 2.75 bits per heavy atom. The number of aromatic nitrogens is 3. The highest BCUT2D eigenvalue weighted by Crippen LogP contribution is 2.24. The second-order valence-electron chi connectivity index (χ2n) is 4.47. The minimum Gasteiger partial charge on any atom is -0.298 e. The Labute approximate surface area is 120 Å². The normalized spacial score (nSPS) is 10.8. The third-order valence-electron chi connectivity index (χ3n) is 3.08. The molecule has 1 aromatic heterocycles. The van der Waals surface area contributed by atoms with Gasteiger partial charge in [-0.05, 0) is 23.3 Å². The predicted molar refractivity (Wildman–Crippen MR) is 80.9 cm³/mol. The van der Waals surface area contributed by atoms with Crippen molar-refractivity contribution in [2.75, 3.05) is 0 Å². The standard InChI is InChI=1S/C15H13N3OS/c1-10-14(19)16-15(18-17-10)20-9-12-7-4-6-11-5-2-3-8-13(11)12/h2-8H,9H2,1H3,(H,16,18,19). The number of aryl methyl sites for hydroxylation is 1. The van der Waals surface area contributed by atoms with Crippen molar-refractivity contribution in [3.63, 3.8) is 0 Å². The van der Waals surface area contributed by atoms with E-state index in [9.17, 15) is 4.79 Å². The van der Waals surface area contributed by atoms with Gasteiger partial charge in [0.05, 0.1) is 0 Å². The fourth-order valence-corrected chi connectivity index (χ4v) is 2.82. The zero-order chi connectivity index (χ0) is 13.9. The maximum absolute atomic E-state index is 11.5. The number of thioether (sulfide) groups is 1. The molecule has 0 fully saturated rings. The SMILES string of the molecule is Cc1nnc(SCc2cccc3ccccc23)[nH]c1=O. The smallest absolute Gasteiger partial charge is 0.273 e. The molecule has 0 atom stereocenters.